The summed E-state index contributed by atoms with van der Waals surface area (Å²) in [5.41, 5.74) is 3.17. The van der Waals surface area contributed by atoms with Gasteiger partial charge in [0.15, 0.2) is 0 Å². The Bertz CT molecular complexity index is 434. The largest absolute Gasteiger partial charge is 0.494 e. The fourth-order valence-corrected chi connectivity index (χ4v) is 2.51. The van der Waals surface area contributed by atoms with Gasteiger partial charge in [0.1, 0.15) is 5.75 Å². The molecule has 1 N–H and O–H groups in total. The molecule has 0 radical (unpaired) electrons. The van der Waals surface area contributed by atoms with E-state index in [9.17, 15) is 5.11 Å². The number of aliphatic hydroxyl groups is 1. The van der Waals surface area contributed by atoms with Gasteiger partial charge in [-0.3, -0.25) is 0 Å². The molecule has 1 atom stereocenters. The van der Waals surface area contributed by atoms with E-state index in [2.05, 4.69) is 24.8 Å². The second-order valence-electron chi connectivity index (χ2n) is 4.95. The standard InChI is InChI=1S/C15H23NO3/c1-4-19-15-8-13(9-17)7-14(12(15)3)16-5-6-18-10-11(16)2/h7-8,11,17H,4-6,9-10H2,1-3H3. The summed E-state index contributed by atoms with van der Waals surface area (Å²) in [6.07, 6.45) is 0. The number of hydrogen-bond acceptors (Lipinski definition) is 4. The van der Waals surface area contributed by atoms with Gasteiger partial charge in [0.2, 0.25) is 0 Å². The molecule has 19 heavy (non-hydrogen) atoms. The van der Waals surface area contributed by atoms with Crippen LogP contribution in [0.1, 0.15) is 25.0 Å². The number of aliphatic hydroxyl groups excluding tert-OH is 1. The molecule has 1 heterocycles. The molecule has 1 fully saturated rings. The van der Waals surface area contributed by atoms with Gasteiger partial charge in [0.05, 0.1) is 26.4 Å². The molecule has 0 spiro atoms. The average Bonchev–Trinajstić information content (AvgIpc) is 2.42. The molecular weight excluding hydrogens is 242 g/mol. The smallest absolute Gasteiger partial charge is 0.124 e. The molecule has 1 saturated heterocycles. The molecule has 0 bridgehead atoms. The number of anilines is 1. The van der Waals surface area contributed by atoms with Crippen molar-refractivity contribution in [3.8, 4) is 5.75 Å². The van der Waals surface area contributed by atoms with Gasteiger partial charge in [-0.15, -0.1) is 0 Å². The summed E-state index contributed by atoms with van der Waals surface area (Å²) in [5.74, 6) is 0.864. The zero-order valence-electron chi connectivity index (χ0n) is 12.0. The predicted octanol–water partition coefficient (Wildman–Crippen LogP) is 2.11. The second-order valence-corrected chi connectivity index (χ2v) is 4.95. The molecule has 1 aliphatic heterocycles. The van der Waals surface area contributed by atoms with Gasteiger partial charge in [-0.05, 0) is 38.5 Å². The minimum Gasteiger partial charge on any atom is -0.494 e. The lowest BCUT2D eigenvalue weighted by atomic mass is 10.1. The van der Waals surface area contributed by atoms with Crippen molar-refractivity contribution < 1.29 is 14.6 Å². The molecule has 2 rings (SSSR count). The van der Waals surface area contributed by atoms with Gasteiger partial charge in [-0.25, -0.2) is 0 Å². The van der Waals surface area contributed by atoms with E-state index in [1.54, 1.807) is 0 Å². The Morgan fingerprint density at radius 1 is 1.47 bits per heavy atom. The lowest BCUT2D eigenvalue weighted by molar-refractivity contribution is 0.0988. The summed E-state index contributed by atoms with van der Waals surface area (Å²) in [6.45, 7) is 9.24. The highest BCUT2D eigenvalue weighted by molar-refractivity contribution is 5.61. The highest BCUT2D eigenvalue weighted by Crippen LogP contribution is 2.32. The molecule has 0 amide bonds. The number of morpholine rings is 1. The van der Waals surface area contributed by atoms with E-state index in [1.807, 2.05) is 13.0 Å². The van der Waals surface area contributed by atoms with Crippen LogP contribution in [0.5, 0.6) is 5.75 Å². The quantitative estimate of drug-likeness (QED) is 0.905. The van der Waals surface area contributed by atoms with E-state index in [0.717, 1.165) is 42.3 Å². The van der Waals surface area contributed by atoms with Crippen LogP contribution in [-0.2, 0) is 11.3 Å². The number of nitrogens with zero attached hydrogens (tertiary/aromatic N) is 1. The fourth-order valence-electron chi connectivity index (χ4n) is 2.51. The summed E-state index contributed by atoms with van der Waals surface area (Å²) < 4.78 is 11.2. The molecular formula is C15H23NO3. The van der Waals surface area contributed by atoms with E-state index in [4.69, 9.17) is 9.47 Å². The number of hydrogen-bond donors (Lipinski definition) is 1. The zero-order chi connectivity index (χ0) is 13.8. The SMILES string of the molecule is CCOc1cc(CO)cc(N2CCOCC2C)c1C. The second kappa shape index (κ2) is 6.26. The topological polar surface area (TPSA) is 41.9 Å². The fraction of sp³-hybridized carbons (Fsp3) is 0.600. The highest BCUT2D eigenvalue weighted by atomic mass is 16.5. The molecule has 1 aromatic rings. The summed E-state index contributed by atoms with van der Waals surface area (Å²) >= 11 is 0. The predicted molar refractivity (Wildman–Crippen MR) is 75.9 cm³/mol. The summed E-state index contributed by atoms with van der Waals surface area (Å²) in [5, 5.41) is 9.41. The Morgan fingerprint density at radius 3 is 2.89 bits per heavy atom. The Hall–Kier alpha value is -1.26. The first-order chi connectivity index (χ1) is 9.17. The molecule has 1 aliphatic rings. The van der Waals surface area contributed by atoms with Crippen molar-refractivity contribution in [1.82, 2.24) is 0 Å². The molecule has 0 aromatic heterocycles. The maximum atomic E-state index is 9.41. The number of benzene rings is 1. The van der Waals surface area contributed by atoms with Crippen molar-refractivity contribution in [2.45, 2.75) is 33.4 Å². The minimum absolute atomic E-state index is 0.0338. The monoisotopic (exact) mass is 265 g/mol. The van der Waals surface area contributed by atoms with Gasteiger partial charge in [0, 0.05) is 23.8 Å². The van der Waals surface area contributed by atoms with Crippen molar-refractivity contribution in [1.29, 1.82) is 0 Å². The van der Waals surface area contributed by atoms with Crippen LogP contribution >= 0.6 is 0 Å². The van der Waals surface area contributed by atoms with E-state index < -0.39 is 0 Å². The van der Waals surface area contributed by atoms with E-state index in [-0.39, 0.29) is 6.61 Å². The normalized spacial score (nSPS) is 19.6. The lowest BCUT2D eigenvalue weighted by Crippen LogP contribution is -2.44. The van der Waals surface area contributed by atoms with Crippen molar-refractivity contribution in [3.63, 3.8) is 0 Å². The third-order valence-electron chi connectivity index (χ3n) is 3.55. The molecule has 4 heteroatoms. The van der Waals surface area contributed by atoms with Gasteiger partial charge < -0.3 is 19.5 Å². The molecule has 0 aliphatic carbocycles. The third kappa shape index (κ3) is 3.01. The van der Waals surface area contributed by atoms with E-state index in [0.29, 0.717) is 12.6 Å². The molecule has 4 nitrogen and oxygen atoms in total. The Morgan fingerprint density at radius 2 is 2.26 bits per heavy atom. The Labute approximate surface area is 114 Å². The molecule has 1 unspecified atom stereocenters. The van der Waals surface area contributed by atoms with Crippen LogP contribution in [0.15, 0.2) is 12.1 Å². The average molecular weight is 265 g/mol. The van der Waals surface area contributed by atoms with Crippen LogP contribution in [0.3, 0.4) is 0 Å². The van der Waals surface area contributed by atoms with E-state index in [1.165, 1.54) is 0 Å². The van der Waals surface area contributed by atoms with Gasteiger partial charge >= 0.3 is 0 Å². The molecule has 0 saturated carbocycles. The first kappa shape index (κ1) is 14.2. The van der Waals surface area contributed by atoms with Crippen LogP contribution in [0.4, 0.5) is 5.69 Å². The zero-order valence-corrected chi connectivity index (χ0v) is 12.0. The highest BCUT2D eigenvalue weighted by Gasteiger charge is 2.22. The minimum atomic E-state index is 0.0338. The summed E-state index contributed by atoms with van der Waals surface area (Å²) in [7, 11) is 0. The van der Waals surface area contributed by atoms with Crippen molar-refractivity contribution in [2.24, 2.45) is 0 Å². The van der Waals surface area contributed by atoms with Crippen molar-refractivity contribution in [3.05, 3.63) is 23.3 Å². The van der Waals surface area contributed by atoms with Gasteiger partial charge in [-0.2, -0.15) is 0 Å². The van der Waals surface area contributed by atoms with Crippen LogP contribution in [0, 0.1) is 6.92 Å². The van der Waals surface area contributed by atoms with E-state index >= 15 is 0 Å². The van der Waals surface area contributed by atoms with Crippen molar-refractivity contribution >= 4 is 5.69 Å². The van der Waals surface area contributed by atoms with Crippen LogP contribution < -0.4 is 9.64 Å². The molecule has 106 valence electrons. The van der Waals surface area contributed by atoms with Crippen LogP contribution in [-0.4, -0.2) is 37.5 Å². The van der Waals surface area contributed by atoms with Crippen LogP contribution in [0.25, 0.3) is 0 Å². The first-order valence-electron chi connectivity index (χ1n) is 6.89. The molecule has 1 aromatic carbocycles. The third-order valence-corrected chi connectivity index (χ3v) is 3.55. The maximum absolute atomic E-state index is 9.41. The Kier molecular flexibility index (Phi) is 4.66. The Balaban J connectivity index is 2.39. The lowest BCUT2D eigenvalue weighted by Gasteiger charge is -2.36. The van der Waals surface area contributed by atoms with Crippen LogP contribution in [0.2, 0.25) is 0 Å². The number of ether oxygens (including phenoxy) is 2. The van der Waals surface area contributed by atoms with Gasteiger partial charge in [-0.1, -0.05) is 0 Å². The van der Waals surface area contributed by atoms with Gasteiger partial charge in [0.25, 0.3) is 0 Å². The van der Waals surface area contributed by atoms with Crippen molar-refractivity contribution in [2.75, 3.05) is 31.3 Å². The maximum Gasteiger partial charge on any atom is 0.124 e. The first-order valence-corrected chi connectivity index (χ1v) is 6.89. The summed E-state index contributed by atoms with van der Waals surface area (Å²) in [4.78, 5) is 2.33. The summed E-state index contributed by atoms with van der Waals surface area (Å²) in [6, 6.07) is 4.32. The number of rotatable bonds is 4.